The smallest absolute Gasteiger partial charge is 0.266 e. The van der Waals surface area contributed by atoms with Crippen LogP contribution in [-0.2, 0) is 40.1 Å². The minimum atomic E-state index is -1.41. The maximum absolute atomic E-state index is 14.5. The summed E-state index contributed by atoms with van der Waals surface area (Å²) in [4.78, 5) is 32.9. The lowest BCUT2D eigenvalue weighted by atomic mass is 9.93. The molecular weight excluding hydrogens is 560 g/mol. The topological polar surface area (TPSA) is 70.4 Å². The lowest BCUT2D eigenvalue weighted by Crippen LogP contribution is -2.34. The Morgan fingerprint density at radius 3 is 2.29 bits per heavy atom. The Labute approximate surface area is 263 Å². The van der Waals surface area contributed by atoms with Crippen molar-refractivity contribution in [3.8, 4) is 5.69 Å². The van der Waals surface area contributed by atoms with Crippen LogP contribution in [0.3, 0.4) is 0 Å². The van der Waals surface area contributed by atoms with E-state index in [9.17, 15) is 9.59 Å². The first-order valence-electron chi connectivity index (χ1n) is 15.8. The molecule has 45 heavy (non-hydrogen) atoms. The number of benzene rings is 4. The van der Waals surface area contributed by atoms with Crippen molar-refractivity contribution in [3.63, 3.8) is 0 Å². The summed E-state index contributed by atoms with van der Waals surface area (Å²) in [7, 11) is 0. The first kappa shape index (κ1) is 29.1. The monoisotopic (exact) mass is 596 g/mol. The highest BCUT2D eigenvalue weighted by Gasteiger charge is 2.58. The van der Waals surface area contributed by atoms with Crippen LogP contribution in [0, 0.1) is 0 Å². The number of carbonyl (C=O) groups excluding carboxylic acids is 1. The van der Waals surface area contributed by atoms with Crippen molar-refractivity contribution in [2.45, 2.75) is 57.3 Å². The lowest BCUT2D eigenvalue weighted by Gasteiger charge is -2.28. The Kier molecular flexibility index (Phi) is 7.35. The van der Waals surface area contributed by atoms with E-state index in [4.69, 9.17) is 14.5 Å². The van der Waals surface area contributed by atoms with Crippen molar-refractivity contribution in [2.75, 3.05) is 6.61 Å². The first-order chi connectivity index (χ1) is 21.9. The number of carbonyl (C=O) groups is 1. The van der Waals surface area contributed by atoms with E-state index in [0.717, 1.165) is 31.2 Å². The number of ketones is 1. The highest BCUT2D eigenvalue weighted by atomic mass is 16.8. The number of hydrogen-bond donors (Lipinski definition) is 0. The molecule has 6 nitrogen and oxygen atoms in total. The van der Waals surface area contributed by atoms with Gasteiger partial charge < -0.3 is 9.47 Å². The largest absolute Gasteiger partial charge is 0.336 e. The molecule has 0 aliphatic carbocycles. The average molecular weight is 597 g/mol. The second kappa shape index (κ2) is 11.4. The minimum Gasteiger partial charge on any atom is -0.336 e. The molecule has 6 heteroatoms. The fourth-order valence-corrected chi connectivity index (χ4v) is 6.75. The SMILES string of the molecule is C=CC1(c2ccc(CCC)cc2)COC2(O1)c1ccccc1-n1c2nc2cccc(CC(=O)c3ccc(CCC)cc3)c2c1=O. The van der Waals surface area contributed by atoms with Crippen molar-refractivity contribution < 1.29 is 14.3 Å². The van der Waals surface area contributed by atoms with Crippen LogP contribution in [0.4, 0.5) is 0 Å². The third kappa shape index (κ3) is 4.68. The van der Waals surface area contributed by atoms with Gasteiger partial charge in [-0.25, -0.2) is 4.98 Å². The van der Waals surface area contributed by atoms with E-state index >= 15 is 0 Å². The van der Waals surface area contributed by atoms with Gasteiger partial charge in [0, 0.05) is 17.5 Å². The molecule has 2 atom stereocenters. The zero-order valence-electron chi connectivity index (χ0n) is 25.7. The predicted octanol–water partition coefficient (Wildman–Crippen LogP) is 7.36. The molecule has 2 aliphatic rings. The van der Waals surface area contributed by atoms with Gasteiger partial charge in [0.25, 0.3) is 11.3 Å². The Morgan fingerprint density at radius 2 is 1.60 bits per heavy atom. The zero-order valence-corrected chi connectivity index (χ0v) is 25.7. The number of ether oxygens (including phenoxy) is 2. The van der Waals surface area contributed by atoms with Gasteiger partial charge in [-0.1, -0.05) is 118 Å². The van der Waals surface area contributed by atoms with E-state index in [1.807, 2.05) is 66.7 Å². The van der Waals surface area contributed by atoms with E-state index in [1.54, 1.807) is 10.6 Å². The summed E-state index contributed by atoms with van der Waals surface area (Å²) in [5.41, 5.74) is 5.31. The maximum Gasteiger partial charge on any atom is 0.266 e. The van der Waals surface area contributed by atoms with Crippen LogP contribution in [0.25, 0.3) is 16.6 Å². The third-order valence-electron chi connectivity index (χ3n) is 9.07. The number of aryl methyl sites for hydroxylation is 2. The lowest BCUT2D eigenvalue weighted by molar-refractivity contribution is -0.159. The Morgan fingerprint density at radius 1 is 0.911 bits per heavy atom. The summed E-state index contributed by atoms with van der Waals surface area (Å²) >= 11 is 0. The van der Waals surface area contributed by atoms with Gasteiger partial charge in [-0.15, -0.1) is 0 Å². The molecule has 0 radical (unpaired) electrons. The third-order valence-corrected chi connectivity index (χ3v) is 9.07. The second-order valence-corrected chi connectivity index (χ2v) is 12.0. The number of fused-ring (bicyclic) bond motifs is 6. The number of aromatic nitrogens is 2. The Balaban J connectivity index is 1.32. The van der Waals surface area contributed by atoms with Crippen LogP contribution < -0.4 is 5.56 Å². The highest BCUT2D eigenvalue weighted by molar-refractivity contribution is 5.99. The molecule has 4 aromatic carbocycles. The molecule has 0 bridgehead atoms. The van der Waals surface area contributed by atoms with Gasteiger partial charge in [0.15, 0.2) is 11.6 Å². The van der Waals surface area contributed by atoms with Gasteiger partial charge in [-0.2, -0.15) is 0 Å². The van der Waals surface area contributed by atoms with Gasteiger partial charge in [-0.05, 0) is 47.2 Å². The number of Topliss-reactive ketones (excluding diaryl/α,β-unsaturated/α-hetero) is 1. The van der Waals surface area contributed by atoms with E-state index < -0.39 is 11.4 Å². The average Bonchev–Trinajstić information content (AvgIpc) is 3.59. The number of hydrogen-bond acceptors (Lipinski definition) is 5. The van der Waals surface area contributed by atoms with Gasteiger partial charge in [0.05, 0.1) is 23.2 Å². The van der Waals surface area contributed by atoms with Crippen LogP contribution in [0.2, 0.25) is 0 Å². The molecule has 1 spiro atoms. The molecule has 2 unspecified atom stereocenters. The highest BCUT2D eigenvalue weighted by Crippen LogP contribution is 2.53. The summed E-state index contributed by atoms with van der Waals surface area (Å²) < 4.78 is 15.2. The molecule has 0 saturated carbocycles. The predicted molar refractivity (Wildman–Crippen MR) is 176 cm³/mol. The molecule has 1 fully saturated rings. The second-order valence-electron chi connectivity index (χ2n) is 12.0. The molecule has 3 heterocycles. The summed E-state index contributed by atoms with van der Waals surface area (Å²) in [5, 5.41) is 0.420. The van der Waals surface area contributed by atoms with Crippen LogP contribution >= 0.6 is 0 Å². The maximum atomic E-state index is 14.5. The van der Waals surface area contributed by atoms with Crippen LogP contribution in [0.1, 0.15) is 70.7 Å². The standard InChI is InChI=1S/C39H36N2O4/c1-4-10-26-16-20-28(21-17-26)34(42)24-29-12-9-14-32-35(29)36(43)41-33-15-8-7-13-31(33)39(37(41)40-32)44-25-38(6-3,45-39)30-22-18-27(11-5-2)19-23-30/h6-9,12-23H,3-5,10-11,24-25H2,1-2H3. The van der Waals surface area contributed by atoms with Gasteiger partial charge in [-0.3, -0.25) is 14.2 Å². The molecule has 5 aromatic rings. The normalized spacial score (nSPS) is 20.0. The van der Waals surface area contributed by atoms with E-state index in [-0.39, 0.29) is 24.4 Å². The van der Waals surface area contributed by atoms with E-state index in [1.165, 1.54) is 11.1 Å². The van der Waals surface area contributed by atoms with Crippen molar-refractivity contribution in [1.29, 1.82) is 0 Å². The number of nitrogens with zero attached hydrogens (tertiary/aromatic N) is 2. The summed E-state index contributed by atoms with van der Waals surface area (Å²) in [6.45, 7) is 8.64. The van der Waals surface area contributed by atoms with Crippen LogP contribution in [0.15, 0.2) is 108 Å². The molecule has 0 amide bonds. The fourth-order valence-electron chi connectivity index (χ4n) is 6.75. The Hall–Kier alpha value is -4.65. The summed E-state index contributed by atoms with van der Waals surface area (Å²) in [5.74, 6) is -1.09. The molecule has 0 N–H and O–H groups in total. The Bertz CT molecular complexity index is 1990. The molecule has 1 aromatic heterocycles. The van der Waals surface area contributed by atoms with Gasteiger partial charge in [0.2, 0.25) is 0 Å². The number of rotatable bonds is 9. The van der Waals surface area contributed by atoms with Crippen LogP contribution in [-0.4, -0.2) is 21.9 Å². The van der Waals surface area contributed by atoms with E-state index in [0.29, 0.717) is 39.1 Å². The van der Waals surface area contributed by atoms with Gasteiger partial charge >= 0.3 is 0 Å². The molecular formula is C39H36N2O4. The first-order valence-corrected chi connectivity index (χ1v) is 15.8. The minimum absolute atomic E-state index is 0.0458. The fraction of sp³-hybridized carbons (Fsp3) is 0.256. The number of para-hydroxylation sites is 1. The quantitative estimate of drug-likeness (QED) is 0.131. The van der Waals surface area contributed by atoms with Crippen LogP contribution in [0.5, 0.6) is 0 Å². The zero-order chi connectivity index (χ0) is 31.2. The van der Waals surface area contributed by atoms with Crippen molar-refractivity contribution >= 4 is 16.7 Å². The van der Waals surface area contributed by atoms with Crippen molar-refractivity contribution in [1.82, 2.24) is 9.55 Å². The molecule has 7 rings (SSSR count). The van der Waals surface area contributed by atoms with Crippen molar-refractivity contribution in [2.24, 2.45) is 0 Å². The van der Waals surface area contributed by atoms with Crippen molar-refractivity contribution in [3.05, 3.63) is 153 Å². The molecule has 2 aliphatic heterocycles. The molecule has 1 saturated heterocycles. The summed E-state index contributed by atoms with van der Waals surface area (Å²) in [6.07, 6.45) is 5.96. The van der Waals surface area contributed by atoms with Gasteiger partial charge in [0.1, 0.15) is 5.60 Å². The molecule has 226 valence electrons. The van der Waals surface area contributed by atoms with E-state index in [2.05, 4.69) is 44.7 Å². The summed E-state index contributed by atoms with van der Waals surface area (Å²) in [6, 6.07) is 29.2.